The number of ether oxygens (including phenoxy) is 1. The molecule has 1 unspecified atom stereocenters. The van der Waals surface area contributed by atoms with Gasteiger partial charge in [0, 0.05) is 28.9 Å². The van der Waals surface area contributed by atoms with Gasteiger partial charge in [-0.15, -0.1) is 0 Å². The Morgan fingerprint density at radius 3 is 2.69 bits per heavy atom. The lowest BCUT2D eigenvalue weighted by atomic mass is 9.98. The third-order valence-corrected chi connectivity index (χ3v) is 5.67. The summed E-state index contributed by atoms with van der Waals surface area (Å²) in [6.07, 6.45) is 7.45. The van der Waals surface area contributed by atoms with E-state index < -0.39 is 5.60 Å². The van der Waals surface area contributed by atoms with E-state index in [0.717, 1.165) is 23.6 Å². The van der Waals surface area contributed by atoms with Crippen LogP contribution in [0.2, 0.25) is 5.02 Å². The number of carbonyl (C=O) groups excluding carboxylic acids is 1. The average Bonchev–Trinajstić information content (AvgIpc) is 2.98. The van der Waals surface area contributed by atoms with Crippen LogP contribution in [0.1, 0.15) is 64.9 Å². The van der Waals surface area contributed by atoms with Gasteiger partial charge in [-0.3, -0.25) is 0 Å². The molecule has 0 spiro atoms. The van der Waals surface area contributed by atoms with Crippen LogP contribution in [0.5, 0.6) is 0 Å². The molecule has 1 aliphatic heterocycles. The summed E-state index contributed by atoms with van der Waals surface area (Å²) < 4.78 is 5.63. The second-order valence-corrected chi connectivity index (χ2v) is 9.10. The zero-order chi connectivity index (χ0) is 18.7. The van der Waals surface area contributed by atoms with Crippen molar-refractivity contribution < 1.29 is 9.53 Å². The predicted molar refractivity (Wildman–Crippen MR) is 107 cm³/mol. The minimum Gasteiger partial charge on any atom is -0.444 e. The standard InChI is InChI=1S/C21H31ClN2O2/c1-21(2,3)26-20(25)24-13-16(12-11-15-7-4-5-8-15)23-19-10-6-9-18(22)17(19)14-24/h6,9-10,15-16,23H,4-5,7-8,11-14H2,1-3H3. The van der Waals surface area contributed by atoms with Crippen molar-refractivity contribution in [3.8, 4) is 0 Å². The number of benzene rings is 1. The molecule has 3 rings (SSSR count). The topological polar surface area (TPSA) is 41.6 Å². The fourth-order valence-corrected chi connectivity index (χ4v) is 4.24. The fraction of sp³-hybridized carbons (Fsp3) is 0.667. The van der Waals surface area contributed by atoms with Gasteiger partial charge in [0.2, 0.25) is 0 Å². The Bertz CT molecular complexity index is 635. The van der Waals surface area contributed by atoms with Crippen molar-refractivity contribution in [2.45, 2.75) is 77.5 Å². The van der Waals surface area contributed by atoms with Crippen molar-refractivity contribution in [1.82, 2.24) is 4.90 Å². The molecule has 1 N–H and O–H groups in total. The first-order valence-electron chi connectivity index (χ1n) is 9.83. The summed E-state index contributed by atoms with van der Waals surface area (Å²) in [7, 11) is 0. The molecule has 1 aromatic rings. The molecule has 0 saturated heterocycles. The number of fused-ring (bicyclic) bond motifs is 1. The van der Waals surface area contributed by atoms with Crippen molar-refractivity contribution in [2.24, 2.45) is 5.92 Å². The van der Waals surface area contributed by atoms with E-state index in [-0.39, 0.29) is 12.1 Å². The van der Waals surface area contributed by atoms with Gasteiger partial charge in [-0.2, -0.15) is 0 Å². The third-order valence-electron chi connectivity index (χ3n) is 5.32. The minimum atomic E-state index is -0.501. The number of amides is 1. The van der Waals surface area contributed by atoms with E-state index in [1.54, 1.807) is 4.90 Å². The van der Waals surface area contributed by atoms with Crippen LogP contribution in [0.25, 0.3) is 0 Å². The number of rotatable bonds is 3. The maximum atomic E-state index is 12.7. The van der Waals surface area contributed by atoms with E-state index >= 15 is 0 Å². The molecule has 4 nitrogen and oxygen atoms in total. The highest BCUT2D eigenvalue weighted by molar-refractivity contribution is 6.31. The largest absolute Gasteiger partial charge is 0.444 e. The lowest BCUT2D eigenvalue weighted by molar-refractivity contribution is 0.0228. The minimum absolute atomic E-state index is 0.225. The molecule has 1 aromatic carbocycles. The summed E-state index contributed by atoms with van der Waals surface area (Å²) >= 11 is 6.43. The van der Waals surface area contributed by atoms with E-state index in [1.807, 2.05) is 32.9 Å². The van der Waals surface area contributed by atoms with Crippen LogP contribution in [0, 0.1) is 5.92 Å². The Kier molecular flexibility index (Phi) is 6.01. The smallest absolute Gasteiger partial charge is 0.410 e. The van der Waals surface area contributed by atoms with E-state index in [0.29, 0.717) is 18.1 Å². The Morgan fingerprint density at radius 1 is 1.27 bits per heavy atom. The maximum absolute atomic E-state index is 12.7. The second kappa shape index (κ2) is 8.08. The summed E-state index contributed by atoms with van der Waals surface area (Å²) in [5, 5.41) is 4.33. The number of halogens is 1. The van der Waals surface area contributed by atoms with E-state index in [1.165, 1.54) is 32.1 Å². The molecule has 1 saturated carbocycles. The zero-order valence-corrected chi connectivity index (χ0v) is 16.9. The van der Waals surface area contributed by atoms with Crippen molar-refractivity contribution in [3.05, 3.63) is 28.8 Å². The molecular weight excluding hydrogens is 348 g/mol. The summed E-state index contributed by atoms with van der Waals surface area (Å²) in [6, 6.07) is 6.13. The first-order valence-corrected chi connectivity index (χ1v) is 10.2. The molecule has 1 heterocycles. The predicted octanol–water partition coefficient (Wildman–Crippen LogP) is 5.84. The fourth-order valence-electron chi connectivity index (χ4n) is 4.01. The van der Waals surface area contributed by atoms with Crippen molar-refractivity contribution in [2.75, 3.05) is 11.9 Å². The molecule has 1 aliphatic carbocycles. The Balaban J connectivity index is 1.76. The highest BCUT2D eigenvalue weighted by Crippen LogP contribution is 2.33. The summed E-state index contributed by atoms with van der Waals surface area (Å²) in [5.41, 5.74) is 1.52. The van der Waals surface area contributed by atoms with Crippen molar-refractivity contribution in [1.29, 1.82) is 0 Å². The zero-order valence-electron chi connectivity index (χ0n) is 16.2. The Hall–Kier alpha value is -1.42. The van der Waals surface area contributed by atoms with E-state index in [4.69, 9.17) is 16.3 Å². The average molecular weight is 379 g/mol. The van der Waals surface area contributed by atoms with Gasteiger partial charge in [0.05, 0.1) is 6.54 Å². The lowest BCUT2D eigenvalue weighted by Gasteiger charge is -2.28. The van der Waals surface area contributed by atoms with Crippen LogP contribution in [-0.2, 0) is 11.3 Å². The summed E-state index contributed by atoms with van der Waals surface area (Å²) in [4.78, 5) is 14.5. The molecule has 0 aromatic heterocycles. The molecule has 5 heteroatoms. The van der Waals surface area contributed by atoms with Gasteiger partial charge >= 0.3 is 6.09 Å². The highest BCUT2D eigenvalue weighted by atomic mass is 35.5. The normalized spacial score (nSPS) is 21.1. The van der Waals surface area contributed by atoms with Crippen molar-refractivity contribution >= 4 is 23.4 Å². The quantitative estimate of drug-likeness (QED) is 0.718. The number of hydrogen-bond acceptors (Lipinski definition) is 3. The summed E-state index contributed by atoms with van der Waals surface area (Å²) in [6.45, 7) is 6.84. The monoisotopic (exact) mass is 378 g/mol. The Morgan fingerprint density at radius 2 is 2.00 bits per heavy atom. The second-order valence-electron chi connectivity index (χ2n) is 8.70. The number of nitrogens with one attached hydrogen (secondary N) is 1. The molecule has 0 bridgehead atoms. The van der Waals surface area contributed by atoms with E-state index in [9.17, 15) is 4.79 Å². The van der Waals surface area contributed by atoms with Gasteiger partial charge in [-0.1, -0.05) is 43.4 Å². The molecule has 144 valence electrons. The van der Waals surface area contributed by atoms with Crippen LogP contribution in [0.15, 0.2) is 18.2 Å². The van der Waals surface area contributed by atoms with Crippen molar-refractivity contribution in [3.63, 3.8) is 0 Å². The van der Waals surface area contributed by atoms with Gasteiger partial charge in [0.25, 0.3) is 0 Å². The third kappa shape index (κ3) is 5.06. The van der Waals surface area contributed by atoms with Crippen LogP contribution in [-0.4, -0.2) is 29.2 Å². The molecule has 1 amide bonds. The molecular formula is C21H31ClN2O2. The molecule has 0 radical (unpaired) electrons. The van der Waals surface area contributed by atoms with Crippen LogP contribution in [0.4, 0.5) is 10.5 Å². The van der Waals surface area contributed by atoms with E-state index in [2.05, 4.69) is 11.4 Å². The SMILES string of the molecule is CC(C)(C)OC(=O)N1Cc2c(Cl)cccc2NC(CCC2CCCC2)C1. The maximum Gasteiger partial charge on any atom is 0.410 e. The number of nitrogens with zero attached hydrogens (tertiary/aromatic N) is 1. The van der Waals surface area contributed by atoms with Gasteiger partial charge in [0.1, 0.15) is 5.60 Å². The molecule has 1 atom stereocenters. The Labute approximate surface area is 162 Å². The lowest BCUT2D eigenvalue weighted by Crippen LogP contribution is -2.41. The number of carbonyl (C=O) groups is 1. The van der Waals surface area contributed by atoms with Gasteiger partial charge in [-0.25, -0.2) is 4.79 Å². The summed E-state index contributed by atoms with van der Waals surface area (Å²) in [5.74, 6) is 0.842. The van der Waals surface area contributed by atoms with Crippen LogP contribution >= 0.6 is 11.6 Å². The van der Waals surface area contributed by atoms with Crippen LogP contribution in [0.3, 0.4) is 0 Å². The van der Waals surface area contributed by atoms with Gasteiger partial charge in [0.15, 0.2) is 0 Å². The molecule has 2 aliphatic rings. The molecule has 1 fully saturated rings. The van der Waals surface area contributed by atoms with Gasteiger partial charge < -0.3 is 15.0 Å². The van der Waals surface area contributed by atoms with Gasteiger partial charge in [-0.05, 0) is 51.7 Å². The molecule has 26 heavy (non-hydrogen) atoms. The number of hydrogen-bond donors (Lipinski definition) is 1. The van der Waals surface area contributed by atoms with Crippen LogP contribution < -0.4 is 5.32 Å². The first kappa shape index (κ1) is 19.3. The highest BCUT2D eigenvalue weighted by Gasteiger charge is 2.29. The first-order chi connectivity index (χ1) is 12.3. The number of anilines is 1.